The molecule has 0 bridgehead atoms. The molecule has 17 aromatic heterocycles. The lowest BCUT2D eigenvalue weighted by molar-refractivity contribution is 0.0527. The van der Waals surface area contributed by atoms with Gasteiger partial charge in [-0.25, -0.2) is 64.4 Å². The molecule has 0 amide bonds. The molecule has 17 heterocycles. The highest BCUT2D eigenvalue weighted by Crippen LogP contribution is 2.50. The Morgan fingerprint density at radius 2 is 0.818 bits per heavy atom. The Balaban J connectivity index is 0.000000131. The normalized spacial score (nSPS) is 12.5. The smallest absolute Gasteiger partial charge is 0.341 e. The van der Waals surface area contributed by atoms with Gasteiger partial charge in [0, 0.05) is 157 Å². The van der Waals surface area contributed by atoms with Gasteiger partial charge in [0.25, 0.3) is 0 Å². The summed E-state index contributed by atoms with van der Waals surface area (Å²) in [7, 11) is -1.91. The van der Waals surface area contributed by atoms with Crippen molar-refractivity contribution in [3.63, 3.8) is 0 Å². The van der Waals surface area contributed by atoms with Crippen LogP contribution in [0.1, 0.15) is 120 Å². The van der Waals surface area contributed by atoms with E-state index in [0.717, 1.165) is 178 Å². The van der Waals surface area contributed by atoms with E-state index < -0.39 is 65.9 Å². The van der Waals surface area contributed by atoms with Crippen molar-refractivity contribution in [1.29, 1.82) is 0 Å². The number of carbonyl (C=O) groups is 2. The van der Waals surface area contributed by atoms with Gasteiger partial charge in [0.2, 0.25) is 0 Å². The van der Waals surface area contributed by atoms with E-state index in [-0.39, 0.29) is 17.9 Å². The van der Waals surface area contributed by atoms with Crippen LogP contribution < -0.4 is 28.7 Å². The molecule has 0 spiro atoms. The summed E-state index contributed by atoms with van der Waals surface area (Å²) in [5.74, 6) is 2.93. The summed E-state index contributed by atoms with van der Waals surface area (Å²) >= 11 is 17.8. The Kier molecular flexibility index (Phi) is 34.5. The van der Waals surface area contributed by atoms with Crippen LogP contribution in [0.15, 0.2) is 193 Å². The zero-order chi connectivity index (χ0) is 96.8. The number of esters is 1. The first-order chi connectivity index (χ1) is 66.4. The van der Waals surface area contributed by atoms with Crippen molar-refractivity contribution in [2.75, 3.05) is 64.0 Å². The van der Waals surface area contributed by atoms with Crippen molar-refractivity contribution in [2.45, 2.75) is 120 Å². The number of nitrogens with zero attached hydrogens (tertiary/aromatic N) is 13. The first-order valence-electron chi connectivity index (χ1n) is 43.3. The number of carboxylic acids is 1. The summed E-state index contributed by atoms with van der Waals surface area (Å²) in [5, 5.41) is 25.8. The standard InChI is InChI=1S/C23H22BrN3O3S3.C21H22N4OS2.C18H19N5OS3.C17H16N4OS4.C15H14N2O3S3/c1-3-5-12-33(29)23-18(25)16-15(13-6-8-14(24)9-7-13)17(22(28)30-4-2)19(27-20(16)32-23)21-26-10-11-31-21;1-3-4-12-28(26)21-18(22)17-15(14-8-6-5-7-9-14)13-16(24-20(17)27-21)19-23-10-11-25(19)2;1-3-4-9-27(24)18-14(19)13-11(15-20-5-7-23(15)2)10-12(22-17(13)26-18)16-21-6-8-25-16;1-2-3-8-26(22)17-13(18)12-10(14-19-4-6-23-14)9-11(21-16(12)25-17)15-20-5-7-24-15;1-2-6-23(20)15-12(16)11-8(14(18)19)7-9(17-13(11)22-15)10-4-3-5-21-10/h6-11H,3-5,12,25H2,1-2H3;5-11,13H,3-4,12,22H2,1-2H3;5-8,10H,3-4,9,19H2,1-2H3;4-7,9H,2-3,8,18H2,1H3;3-5,7H,2,6,16H2,1H3,(H,18,19). The molecule has 0 radical (unpaired) electrons. The second-order valence-corrected chi connectivity index (χ2v) is 49.7. The third kappa shape index (κ3) is 22.5. The predicted octanol–water partition coefficient (Wildman–Crippen LogP) is 24.5. The number of aromatic carboxylic acids is 1. The highest BCUT2D eigenvalue weighted by molar-refractivity contribution is 9.10. The van der Waals surface area contributed by atoms with E-state index in [1.165, 1.54) is 96.8 Å². The van der Waals surface area contributed by atoms with Gasteiger partial charge in [-0.2, -0.15) is 0 Å². The summed E-state index contributed by atoms with van der Waals surface area (Å²) in [4.78, 5) is 79.6. The molecule has 0 aliphatic rings. The maximum Gasteiger partial charge on any atom is 0.341 e. The zero-order valence-electron chi connectivity index (χ0n) is 75.2. The Morgan fingerprint density at radius 3 is 1.26 bits per heavy atom. The number of anilines is 5. The van der Waals surface area contributed by atoms with Gasteiger partial charge >= 0.3 is 11.9 Å². The van der Waals surface area contributed by atoms with Crippen molar-refractivity contribution >= 4 is 275 Å². The van der Waals surface area contributed by atoms with Crippen LogP contribution in [0.25, 0.3) is 149 Å². The van der Waals surface area contributed by atoms with Crippen LogP contribution in [-0.2, 0) is 72.8 Å². The molecule has 710 valence electrons. The first kappa shape index (κ1) is 101. The van der Waals surface area contributed by atoms with Gasteiger partial charge in [-0.15, -0.1) is 113 Å². The van der Waals surface area contributed by atoms with Crippen molar-refractivity contribution < 1.29 is 40.5 Å². The molecule has 2 aromatic carbocycles. The molecule has 0 saturated heterocycles. The molecule has 43 heteroatoms. The Labute approximate surface area is 850 Å². The van der Waals surface area contributed by atoms with E-state index in [2.05, 4.69) is 90.6 Å². The van der Waals surface area contributed by atoms with E-state index in [1.54, 1.807) is 66.8 Å². The summed E-state index contributed by atoms with van der Waals surface area (Å²) < 4.78 is 77.1. The minimum absolute atomic E-state index is 0.104. The summed E-state index contributed by atoms with van der Waals surface area (Å²) in [5.41, 5.74) is 43.6. The lowest BCUT2D eigenvalue weighted by Gasteiger charge is -2.15. The van der Waals surface area contributed by atoms with Gasteiger partial charge in [0.15, 0.2) is 5.82 Å². The van der Waals surface area contributed by atoms with E-state index in [0.29, 0.717) is 112 Å². The molecule has 0 aliphatic heterocycles. The van der Waals surface area contributed by atoms with Crippen LogP contribution in [0.3, 0.4) is 0 Å². The number of aromatic nitrogens is 13. The Bertz CT molecular complexity index is 7600. The number of nitrogens with two attached hydrogens (primary N) is 5. The Morgan fingerprint density at radius 1 is 0.401 bits per heavy atom. The highest BCUT2D eigenvalue weighted by Gasteiger charge is 2.33. The number of hydrogen-bond acceptors (Lipinski definition) is 34. The number of carboxylic acid groups (broad SMARTS) is 1. The van der Waals surface area contributed by atoms with E-state index in [9.17, 15) is 35.7 Å². The SMILES string of the molecule is CCCCS(=O)c1sc2nc(-c3nccn3C)cc(-c3ccccc3)c2c1N.CCCCS(=O)c1sc2nc(-c3nccs3)c(C(=O)OCC)c(-c3ccc(Br)cc3)c2c1N.CCCCS(=O)c1sc2nc(-c3nccs3)cc(-c3nccn3C)c2c1N.CCCCS(=O)c1sc2nc(-c3nccs3)cc(-c3nccs3)c2c1N.CCCS(=O)c1sc2nc(-c3cccs3)cc(C(=O)O)c2c1N. The third-order valence-electron chi connectivity index (χ3n) is 21.1. The van der Waals surface area contributed by atoms with Crippen LogP contribution in [0.4, 0.5) is 28.4 Å². The second kappa shape index (κ2) is 46.7. The molecule has 0 fully saturated rings. The zero-order valence-corrected chi connectivity index (χ0v) is 89.0. The van der Waals surface area contributed by atoms with Crippen LogP contribution in [0.5, 0.6) is 0 Å². The average Bonchev–Trinajstić information content (AvgIpc) is 1.65. The monoisotopic (exact) mass is 2180 g/mol. The fraction of sp³-hybridized carbons (Fsp3) is 0.245. The largest absolute Gasteiger partial charge is 0.478 e. The summed E-state index contributed by atoms with van der Waals surface area (Å²) in [6.45, 7) is 12.3. The number of hydrogen-bond donors (Lipinski definition) is 6. The van der Waals surface area contributed by atoms with E-state index in [1.807, 2.05) is 142 Å². The average molecular weight is 2180 g/mol. The van der Waals surface area contributed by atoms with Gasteiger partial charge in [-0.3, -0.25) is 21.0 Å². The molecular formula is C94H93BrN18O9S15. The molecule has 137 heavy (non-hydrogen) atoms. The molecule has 19 rings (SSSR count). The number of nitrogen functional groups attached to an aromatic ring is 5. The number of halogens is 1. The van der Waals surface area contributed by atoms with Crippen molar-refractivity contribution in [1.82, 2.24) is 64.0 Å². The Hall–Kier alpha value is -10.2. The summed E-state index contributed by atoms with van der Waals surface area (Å²) in [6.07, 6.45) is 22.6. The molecule has 0 aliphatic carbocycles. The van der Waals surface area contributed by atoms with Crippen LogP contribution in [-0.4, -0.2) is 137 Å². The van der Waals surface area contributed by atoms with E-state index >= 15 is 0 Å². The molecular weight excluding hydrogens is 2090 g/mol. The fourth-order valence-corrected chi connectivity index (χ4v) is 31.7. The third-order valence-corrected chi connectivity index (χ3v) is 40.8. The van der Waals surface area contributed by atoms with Crippen molar-refractivity contribution in [2.24, 2.45) is 14.1 Å². The number of carbonyl (C=O) groups excluding carboxylic acids is 1. The number of pyridine rings is 5. The molecule has 5 unspecified atom stereocenters. The lowest BCUT2D eigenvalue weighted by Crippen LogP contribution is -2.10. The van der Waals surface area contributed by atoms with Crippen LogP contribution in [0.2, 0.25) is 0 Å². The predicted molar refractivity (Wildman–Crippen MR) is 580 cm³/mol. The molecule has 5 atom stereocenters. The molecule has 19 aromatic rings. The van der Waals surface area contributed by atoms with Crippen molar-refractivity contribution in [3.05, 3.63) is 183 Å². The number of ether oxygens (including phenoxy) is 1. The number of thiazole rings is 4. The number of unbranched alkanes of at least 4 members (excludes halogenated alkanes) is 4. The quantitative estimate of drug-likeness (QED) is 0.0220. The number of thiophene rings is 6. The maximum absolute atomic E-state index is 13.3. The van der Waals surface area contributed by atoms with E-state index in [4.69, 9.17) is 53.3 Å². The van der Waals surface area contributed by atoms with Gasteiger partial charge in [-0.1, -0.05) is 125 Å². The maximum atomic E-state index is 13.3. The van der Waals surface area contributed by atoms with Crippen LogP contribution in [0, 0.1) is 0 Å². The topological polar surface area (TPSA) is 431 Å². The minimum Gasteiger partial charge on any atom is -0.478 e. The number of fused-ring (bicyclic) bond motifs is 5. The van der Waals surface area contributed by atoms with Crippen LogP contribution >= 0.6 is 129 Å². The van der Waals surface area contributed by atoms with Crippen molar-refractivity contribution in [3.8, 4) is 98.4 Å². The molecule has 0 saturated carbocycles. The highest BCUT2D eigenvalue weighted by atomic mass is 79.9. The minimum atomic E-state index is -1.24. The number of benzene rings is 2. The second-order valence-electron chi connectivity index (χ2n) is 30.5. The molecule has 27 nitrogen and oxygen atoms in total. The van der Waals surface area contributed by atoms with Gasteiger partial charge in [0.05, 0.1) is 116 Å². The summed E-state index contributed by atoms with van der Waals surface area (Å²) in [6, 6.07) is 29.1. The number of aryl methyl sites for hydroxylation is 2. The van der Waals surface area contributed by atoms with Gasteiger partial charge in [-0.05, 0) is 104 Å². The van der Waals surface area contributed by atoms with Gasteiger partial charge in [0.1, 0.15) is 93.8 Å². The lowest BCUT2D eigenvalue weighted by atomic mass is 9.95. The van der Waals surface area contributed by atoms with Gasteiger partial charge < -0.3 is 47.6 Å². The number of rotatable bonds is 31. The molecule has 11 N–H and O–H groups in total. The number of imidazole rings is 2. The first-order valence-corrected chi connectivity index (χ1v) is 59.1. The fourth-order valence-electron chi connectivity index (χ4n) is 14.5.